The minimum Gasteiger partial charge on any atom is -0.497 e. The molecular weight excluding hydrogens is 240 g/mol. The normalized spacial score (nSPS) is 12.5. The largest absolute Gasteiger partial charge is 0.497 e. The fourth-order valence-corrected chi connectivity index (χ4v) is 2.03. The van der Waals surface area contributed by atoms with Gasteiger partial charge in [-0.15, -0.1) is 0 Å². The van der Waals surface area contributed by atoms with Gasteiger partial charge in [-0.1, -0.05) is 13.8 Å². The van der Waals surface area contributed by atoms with E-state index < -0.39 is 0 Å². The molecule has 0 bridgehead atoms. The SMILES string of the molecule is CCN(CC)CC(O)CNc1ccc(OC)cc1C. The van der Waals surface area contributed by atoms with Crippen molar-refractivity contribution in [1.29, 1.82) is 0 Å². The first-order valence-corrected chi connectivity index (χ1v) is 6.89. The molecule has 0 fully saturated rings. The van der Waals surface area contributed by atoms with E-state index in [1.807, 2.05) is 25.1 Å². The fraction of sp³-hybridized carbons (Fsp3) is 0.600. The molecule has 19 heavy (non-hydrogen) atoms. The van der Waals surface area contributed by atoms with Crippen molar-refractivity contribution in [2.24, 2.45) is 0 Å². The van der Waals surface area contributed by atoms with Crippen LogP contribution in [0.15, 0.2) is 18.2 Å². The van der Waals surface area contributed by atoms with Gasteiger partial charge in [0.25, 0.3) is 0 Å². The van der Waals surface area contributed by atoms with Crippen molar-refractivity contribution in [2.75, 3.05) is 38.6 Å². The topological polar surface area (TPSA) is 44.7 Å². The number of benzene rings is 1. The molecule has 4 nitrogen and oxygen atoms in total. The van der Waals surface area contributed by atoms with Crippen molar-refractivity contribution in [3.63, 3.8) is 0 Å². The number of hydrogen-bond acceptors (Lipinski definition) is 4. The van der Waals surface area contributed by atoms with Gasteiger partial charge >= 0.3 is 0 Å². The van der Waals surface area contributed by atoms with Gasteiger partial charge in [0.1, 0.15) is 5.75 Å². The Hall–Kier alpha value is -1.26. The van der Waals surface area contributed by atoms with E-state index in [9.17, 15) is 5.11 Å². The molecule has 0 heterocycles. The summed E-state index contributed by atoms with van der Waals surface area (Å²) in [6.45, 7) is 9.44. The number of anilines is 1. The number of likely N-dealkylation sites (N-methyl/N-ethyl adjacent to an activating group) is 1. The molecule has 0 aliphatic carbocycles. The summed E-state index contributed by atoms with van der Waals surface area (Å²) >= 11 is 0. The van der Waals surface area contributed by atoms with E-state index in [1.54, 1.807) is 7.11 Å². The number of aryl methyl sites for hydroxylation is 1. The fourth-order valence-electron chi connectivity index (χ4n) is 2.03. The Morgan fingerprint density at radius 2 is 2.00 bits per heavy atom. The van der Waals surface area contributed by atoms with Crippen molar-refractivity contribution in [1.82, 2.24) is 4.90 Å². The van der Waals surface area contributed by atoms with Crippen LogP contribution < -0.4 is 10.1 Å². The second-order valence-corrected chi connectivity index (χ2v) is 4.70. The average molecular weight is 266 g/mol. The van der Waals surface area contributed by atoms with Crippen LogP contribution in [0.3, 0.4) is 0 Å². The number of methoxy groups -OCH3 is 1. The summed E-state index contributed by atoms with van der Waals surface area (Å²) in [5.74, 6) is 0.853. The highest BCUT2D eigenvalue weighted by molar-refractivity contribution is 5.53. The van der Waals surface area contributed by atoms with Crippen molar-refractivity contribution in [2.45, 2.75) is 26.9 Å². The van der Waals surface area contributed by atoms with Gasteiger partial charge in [-0.3, -0.25) is 0 Å². The summed E-state index contributed by atoms with van der Waals surface area (Å²) in [6.07, 6.45) is -0.360. The van der Waals surface area contributed by atoms with E-state index in [-0.39, 0.29) is 6.10 Å². The third kappa shape index (κ3) is 5.09. The Kier molecular flexibility index (Phi) is 6.67. The van der Waals surface area contributed by atoms with Crippen LogP contribution in [0.4, 0.5) is 5.69 Å². The van der Waals surface area contributed by atoms with Crippen LogP contribution in [-0.2, 0) is 0 Å². The molecule has 0 aromatic heterocycles. The number of ether oxygens (including phenoxy) is 1. The number of rotatable bonds is 8. The van der Waals surface area contributed by atoms with Gasteiger partial charge in [-0.05, 0) is 43.8 Å². The molecule has 0 amide bonds. The van der Waals surface area contributed by atoms with Crippen LogP contribution >= 0.6 is 0 Å². The van der Waals surface area contributed by atoms with Gasteiger partial charge in [0.2, 0.25) is 0 Å². The molecule has 0 saturated heterocycles. The average Bonchev–Trinajstić information content (AvgIpc) is 2.43. The maximum Gasteiger partial charge on any atom is 0.119 e. The maximum absolute atomic E-state index is 10.0. The molecule has 2 N–H and O–H groups in total. The maximum atomic E-state index is 10.0. The first-order chi connectivity index (χ1) is 9.10. The Morgan fingerprint density at radius 1 is 1.32 bits per heavy atom. The van der Waals surface area contributed by atoms with Crippen LogP contribution in [0.25, 0.3) is 0 Å². The van der Waals surface area contributed by atoms with Gasteiger partial charge < -0.3 is 20.1 Å². The smallest absolute Gasteiger partial charge is 0.119 e. The van der Waals surface area contributed by atoms with Gasteiger partial charge in [0.15, 0.2) is 0 Å². The van der Waals surface area contributed by atoms with Crippen LogP contribution in [0, 0.1) is 6.92 Å². The molecule has 1 unspecified atom stereocenters. The Balaban J connectivity index is 2.47. The van der Waals surface area contributed by atoms with Gasteiger partial charge in [0, 0.05) is 18.8 Å². The molecule has 1 atom stereocenters. The van der Waals surface area contributed by atoms with Crippen molar-refractivity contribution < 1.29 is 9.84 Å². The minimum atomic E-state index is -0.360. The van der Waals surface area contributed by atoms with E-state index >= 15 is 0 Å². The lowest BCUT2D eigenvalue weighted by molar-refractivity contribution is 0.128. The number of aliphatic hydroxyl groups excluding tert-OH is 1. The molecule has 0 saturated carbocycles. The van der Waals surface area contributed by atoms with Crippen LogP contribution in [-0.4, -0.2) is 49.4 Å². The quantitative estimate of drug-likeness (QED) is 0.756. The van der Waals surface area contributed by atoms with E-state index in [2.05, 4.69) is 24.1 Å². The monoisotopic (exact) mass is 266 g/mol. The van der Waals surface area contributed by atoms with Crippen LogP contribution in [0.5, 0.6) is 5.75 Å². The van der Waals surface area contributed by atoms with E-state index in [0.717, 1.165) is 30.1 Å². The number of aliphatic hydroxyl groups is 1. The third-order valence-electron chi connectivity index (χ3n) is 3.33. The molecular formula is C15H26N2O2. The van der Waals surface area contributed by atoms with E-state index in [0.29, 0.717) is 13.1 Å². The minimum absolute atomic E-state index is 0.360. The standard InChI is InChI=1S/C15H26N2O2/c1-5-17(6-2)11-13(18)10-16-15-8-7-14(19-4)9-12(15)3/h7-9,13,16,18H,5-6,10-11H2,1-4H3. The van der Waals surface area contributed by atoms with Gasteiger partial charge in [-0.25, -0.2) is 0 Å². The van der Waals surface area contributed by atoms with Crippen molar-refractivity contribution in [3.8, 4) is 5.75 Å². The highest BCUT2D eigenvalue weighted by atomic mass is 16.5. The van der Waals surface area contributed by atoms with Crippen molar-refractivity contribution >= 4 is 5.69 Å². The second-order valence-electron chi connectivity index (χ2n) is 4.70. The predicted octanol–water partition coefficient (Wildman–Crippen LogP) is 2.12. The molecule has 0 radical (unpaired) electrons. The zero-order chi connectivity index (χ0) is 14.3. The van der Waals surface area contributed by atoms with E-state index in [4.69, 9.17) is 4.74 Å². The lowest BCUT2D eigenvalue weighted by Crippen LogP contribution is -2.36. The first-order valence-electron chi connectivity index (χ1n) is 6.89. The summed E-state index contributed by atoms with van der Waals surface area (Å²) in [4.78, 5) is 2.22. The first kappa shape index (κ1) is 15.8. The van der Waals surface area contributed by atoms with Gasteiger partial charge in [-0.2, -0.15) is 0 Å². The Morgan fingerprint density at radius 3 is 2.53 bits per heavy atom. The lowest BCUT2D eigenvalue weighted by Gasteiger charge is -2.22. The molecule has 1 aromatic carbocycles. The van der Waals surface area contributed by atoms with Gasteiger partial charge in [0.05, 0.1) is 13.2 Å². The molecule has 1 aromatic rings. The zero-order valence-corrected chi connectivity index (χ0v) is 12.4. The molecule has 0 spiro atoms. The molecule has 1 rings (SSSR count). The zero-order valence-electron chi connectivity index (χ0n) is 12.4. The lowest BCUT2D eigenvalue weighted by atomic mass is 10.2. The summed E-state index contributed by atoms with van der Waals surface area (Å²) < 4.78 is 5.17. The summed E-state index contributed by atoms with van der Waals surface area (Å²) in [7, 11) is 1.66. The summed E-state index contributed by atoms with van der Waals surface area (Å²) in [5.41, 5.74) is 2.16. The number of nitrogens with one attached hydrogen (secondary N) is 1. The highest BCUT2D eigenvalue weighted by Crippen LogP contribution is 2.20. The Bertz CT molecular complexity index is 378. The molecule has 108 valence electrons. The number of hydrogen-bond donors (Lipinski definition) is 2. The number of nitrogens with zero attached hydrogens (tertiary/aromatic N) is 1. The molecule has 0 aliphatic heterocycles. The highest BCUT2D eigenvalue weighted by Gasteiger charge is 2.09. The third-order valence-corrected chi connectivity index (χ3v) is 3.33. The summed E-state index contributed by atoms with van der Waals surface area (Å²) in [5, 5.41) is 13.3. The second kappa shape index (κ2) is 8.02. The molecule has 0 aliphatic rings. The van der Waals surface area contributed by atoms with Crippen molar-refractivity contribution in [3.05, 3.63) is 23.8 Å². The van der Waals surface area contributed by atoms with Crippen LogP contribution in [0.1, 0.15) is 19.4 Å². The van der Waals surface area contributed by atoms with Crippen LogP contribution in [0.2, 0.25) is 0 Å². The predicted molar refractivity (Wildman–Crippen MR) is 80.0 cm³/mol. The van der Waals surface area contributed by atoms with E-state index in [1.165, 1.54) is 0 Å². The Labute approximate surface area is 116 Å². The molecule has 4 heteroatoms. The summed E-state index contributed by atoms with van der Waals surface area (Å²) in [6, 6.07) is 5.89.